The zero-order chi connectivity index (χ0) is 18.7. The van der Waals surface area contributed by atoms with Crippen LogP contribution in [0.5, 0.6) is 0 Å². The lowest BCUT2D eigenvalue weighted by Gasteiger charge is -2.27. The normalized spacial score (nSPS) is 16.7. The number of hydrazine groups is 1. The summed E-state index contributed by atoms with van der Waals surface area (Å²) in [5.74, 6) is 6.49. The molecule has 0 saturated carbocycles. The van der Waals surface area contributed by atoms with Gasteiger partial charge in [-0.25, -0.2) is 10.8 Å². The summed E-state index contributed by atoms with van der Waals surface area (Å²) < 4.78 is 0. The molecule has 0 atom stereocenters. The highest BCUT2D eigenvalue weighted by atomic mass is 16.1. The van der Waals surface area contributed by atoms with Gasteiger partial charge in [-0.05, 0) is 50.5 Å². The maximum absolute atomic E-state index is 12.5. The SMILES string of the molecule is CN1CCC(C(=O)Nc2cc3cc(/C(=C/N)N(C)N)ccc3cn2)CC1. The first-order valence-corrected chi connectivity index (χ1v) is 8.78. The summed E-state index contributed by atoms with van der Waals surface area (Å²) in [5, 5.41) is 6.40. The van der Waals surface area contributed by atoms with E-state index in [9.17, 15) is 4.79 Å². The zero-order valence-corrected chi connectivity index (χ0v) is 15.3. The lowest BCUT2D eigenvalue weighted by molar-refractivity contribution is -0.121. The highest BCUT2D eigenvalue weighted by Crippen LogP contribution is 2.24. The number of fused-ring (bicyclic) bond motifs is 1. The fourth-order valence-electron chi connectivity index (χ4n) is 3.29. The topological polar surface area (TPSA) is 101 Å². The number of carbonyl (C=O) groups excluding carboxylic acids is 1. The summed E-state index contributed by atoms with van der Waals surface area (Å²) in [6.45, 7) is 1.90. The lowest BCUT2D eigenvalue weighted by atomic mass is 9.96. The average molecular weight is 354 g/mol. The Bertz CT molecular complexity index is 824. The van der Waals surface area contributed by atoms with Crippen LogP contribution < -0.4 is 16.9 Å². The average Bonchev–Trinajstić information content (AvgIpc) is 2.62. The molecular weight excluding hydrogens is 328 g/mol. The molecule has 1 saturated heterocycles. The molecule has 138 valence electrons. The molecule has 1 aliphatic heterocycles. The van der Waals surface area contributed by atoms with Crippen molar-refractivity contribution in [1.29, 1.82) is 0 Å². The fraction of sp³-hybridized carbons (Fsp3) is 0.368. The van der Waals surface area contributed by atoms with E-state index in [4.69, 9.17) is 11.6 Å². The van der Waals surface area contributed by atoms with Crippen LogP contribution in [0.25, 0.3) is 16.5 Å². The summed E-state index contributed by atoms with van der Waals surface area (Å²) in [6, 6.07) is 7.79. The van der Waals surface area contributed by atoms with E-state index in [0.717, 1.165) is 48.0 Å². The number of hydrogen-bond donors (Lipinski definition) is 3. The third kappa shape index (κ3) is 3.95. The number of nitrogens with two attached hydrogens (primary N) is 2. The molecule has 0 radical (unpaired) electrons. The molecule has 2 heterocycles. The van der Waals surface area contributed by atoms with Crippen LogP contribution >= 0.6 is 0 Å². The molecule has 7 nitrogen and oxygen atoms in total. The summed E-state index contributed by atoms with van der Waals surface area (Å²) in [5.41, 5.74) is 7.31. The minimum Gasteiger partial charge on any atom is -0.403 e. The minimum atomic E-state index is 0.0466. The van der Waals surface area contributed by atoms with E-state index in [1.54, 1.807) is 13.2 Å². The molecule has 7 heteroatoms. The van der Waals surface area contributed by atoms with Gasteiger partial charge in [-0.2, -0.15) is 0 Å². The highest BCUT2D eigenvalue weighted by molar-refractivity contribution is 5.94. The highest BCUT2D eigenvalue weighted by Gasteiger charge is 2.23. The van der Waals surface area contributed by atoms with Crippen molar-refractivity contribution in [2.45, 2.75) is 12.8 Å². The van der Waals surface area contributed by atoms with Gasteiger partial charge in [0.15, 0.2) is 0 Å². The second kappa shape index (κ2) is 7.72. The third-order valence-corrected chi connectivity index (χ3v) is 4.90. The number of carbonyl (C=O) groups is 1. The van der Waals surface area contributed by atoms with E-state index < -0.39 is 0 Å². The number of hydrogen-bond acceptors (Lipinski definition) is 6. The standard InChI is InChI=1S/C19H26N6O/c1-24-7-5-13(6-8-24)19(26)23-18-10-16-9-14(17(11-20)25(2)21)3-4-15(16)12-22-18/h3-4,9-13H,5-8,20-21H2,1-2H3,(H,22,23,26)/b17-11-. The summed E-state index contributed by atoms with van der Waals surface area (Å²) in [6.07, 6.45) is 5.01. The van der Waals surface area contributed by atoms with Crippen LogP contribution in [0.4, 0.5) is 5.82 Å². The number of pyridine rings is 1. The number of piperidine rings is 1. The van der Waals surface area contributed by atoms with Crippen molar-refractivity contribution in [2.75, 3.05) is 32.5 Å². The Morgan fingerprint density at radius 3 is 2.69 bits per heavy atom. The monoisotopic (exact) mass is 354 g/mol. The second-order valence-corrected chi connectivity index (χ2v) is 6.86. The van der Waals surface area contributed by atoms with Crippen molar-refractivity contribution in [2.24, 2.45) is 17.5 Å². The number of nitrogens with one attached hydrogen (secondary N) is 1. The zero-order valence-electron chi connectivity index (χ0n) is 15.3. The van der Waals surface area contributed by atoms with E-state index in [1.807, 2.05) is 24.3 Å². The molecule has 0 aliphatic carbocycles. The van der Waals surface area contributed by atoms with Crippen LogP contribution in [0.2, 0.25) is 0 Å². The second-order valence-electron chi connectivity index (χ2n) is 6.86. The predicted octanol–water partition coefficient (Wildman–Crippen LogP) is 1.58. The molecule has 1 amide bonds. The van der Waals surface area contributed by atoms with Gasteiger partial charge in [0.1, 0.15) is 5.82 Å². The van der Waals surface area contributed by atoms with E-state index in [1.165, 1.54) is 11.2 Å². The number of nitrogens with zero attached hydrogens (tertiary/aromatic N) is 3. The first-order chi connectivity index (χ1) is 12.5. The lowest BCUT2D eigenvalue weighted by Crippen LogP contribution is -2.36. The van der Waals surface area contributed by atoms with Gasteiger partial charge in [0.25, 0.3) is 0 Å². The Labute approximate surface area is 153 Å². The van der Waals surface area contributed by atoms with Crippen LogP contribution in [0.15, 0.2) is 36.7 Å². The fourth-order valence-corrected chi connectivity index (χ4v) is 3.29. The van der Waals surface area contributed by atoms with Gasteiger partial charge >= 0.3 is 0 Å². The molecule has 0 bridgehead atoms. The summed E-state index contributed by atoms with van der Waals surface area (Å²) in [4.78, 5) is 19.1. The largest absolute Gasteiger partial charge is 0.403 e. The van der Waals surface area contributed by atoms with Crippen molar-refractivity contribution >= 4 is 28.2 Å². The van der Waals surface area contributed by atoms with Gasteiger partial charge in [0.2, 0.25) is 5.91 Å². The number of likely N-dealkylation sites (tertiary alicyclic amines) is 1. The first-order valence-electron chi connectivity index (χ1n) is 8.78. The van der Waals surface area contributed by atoms with Crippen molar-refractivity contribution in [3.63, 3.8) is 0 Å². The van der Waals surface area contributed by atoms with Gasteiger partial charge < -0.3 is 21.0 Å². The van der Waals surface area contributed by atoms with E-state index in [2.05, 4.69) is 22.2 Å². The van der Waals surface area contributed by atoms with Crippen molar-refractivity contribution < 1.29 is 4.79 Å². The molecule has 0 unspecified atom stereocenters. The van der Waals surface area contributed by atoms with Crippen LogP contribution in [-0.4, -0.2) is 48.0 Å². The van der Waals surface area contributed by atoms with Gasteiger partial charge in [-0.1, -0.05) is 12.1 Å². The number of anilines is 1. The molecule has 1 fully saturated rings. The van der Waals surface area contributed by atoms with Crippen LogP contribution in [-0.2, 0) is 4.79 Å². The molecule has 1 aromatic heterocycles. The Morgan fingerprint density at radius 2 is 2.04 bits per heavy atom. The maximum atomic E-state index is 12.5. The molecule has 1 aliphatic rings. The Hall–Kier alpha value is -2.64. The maximum Gasteiger partial charge on any atom is 0.228 e. The van der Waals surface area contributed by atoms with Gasteiger partial charge in [-0.3, -0.25) is 4.79 Å². The molecule has 2 aromatic rings. The third-order valence-electron chi connectivity index (χ3n) is 4.90. The molecular formula is C19H26N6O. The number of amides is 1. The quantitative estimate of drug-likeness (QED) is 0.569. The van der Waals surface area contributed by atoms with Crippen molar-refractivity contribution in [3.05, 3.63) is 42.2 Å². The number of aromatic nitrogens is 1. The smallest absolute Gasteiger partial charge is 0.228 e. The molecule has 3 rings (SSSR count). The van der Waals surface area contributed by atoms with Crippen molar-refractivity contribution in [3.8, 4) is 0 Å². The molecule has 26 heavy (non-hydrogen) atoms. The Kier molecular flexibility index (Phi) is 5.39. The summed E-state index contributed by atoms with van der Waals surface area (Å²) in [7, 11) is 3.82. The van der Waals surface area contributed by atoms with Crippen LogP contribution in [0, 0.1) is 5.92 Å². The van der Waals surface area contributed by atoms with E-state index >= 15 is 0 Å². The Balaban J connectivity index is 1.80. The van der Waals surface area contributed by atoms with Crippen molar-refractivity contribution in [1.82, 2.24) is 14.9 Å². The van der Waals surface area contributed by atoms with Crippen LogP contribution in [0.1, 0.15) is 18.4 Å². The Morgan fingerprint density at radius 1 is 1.31 bits per heavy atom. The number of benzene rings is 1. The van der Waals surface area contributed by atoms with E-state index in [0.29, 0.717) is 5.82 Å². The summed E-state index contributed by atoms with van der Waals surface area (Å²) >= 11 is 0. The predicted molar refractivity (Wildman–Crippen MR) is 105 cm³/mol. The minimum absolute atomic E-state index is 0.0466. The van der Waals surface area contributed by atoms with E-state index in [-0.39, 0.29) is 11.8 Å². The molecule has 0 spiro atoms. The van der Waals surface area contributed by atoms with Crippen LogP contribution in [0.3, 0.4) is 0 Å². The first kappa shape index (κ1) is 18.2. The number of rotatable bonds is 4. The van der Waals surface area contributed by atoms with Gasteiger partial charge in [0, 0.05) is 36.3 Å². The van der Waals surface area contributed by atoms with Gasteiger partial charge in [-0.15, -0.1) is 0 Å². The molecule has 5 N–H and O–H groups in total. The molecule has 1 aromatic carbocycles. The van der Waals surface area contributed by atoms with Gasteiger partial charge in [0.05, 0.1) is 5.70 Å².